The number of likely N-dealkylation sites (N-methyl/N-ethyl adjacent to an activating group) is 1. The average molecular weight is 488 g/mol. The van der Waals surface area contributed by atoms with Crippen molar-refractivity contribution in [2.45, 2.75) is 18.4 Å². The van der Waals surface area contributed by atoms with E-state index in [0.717, 1.165) is 5.01 Å². The van der Waals surface area contributed by atoms with Gasteiger partial charge in [0, 0.05) is 49.8 Å². The van der Waals surface area contributed by atoms with E-state index in [-0.39, 0.29) is 22.5 Å². The highest BCUT2D eigenvalue weighted by molar-refractivity contribution is 6.33. The summed E-state index contributed by atoms with van der Waals surface area (Å²) in [6.45, 7) is 1.05. The number of aliphatic hydroxyl groups is 1. The molecule has 1 aliphatic rings. The van der Waals surface area contributed by atoms with Gasteiger partial charge in [-0.3, -0.25) is 4.79 Å². The number of phenolic OH excluding ortho intramolecular Hbond substituents is 1. The summed E-state index contributed by atoms with van der Waals surface area (Å²) >= 11 is 6.33. The first kappa shape index (κ1) is 24.0. The Morgan fingerprint density at radius 1 is 1.32 bits per heavy atom. The number of rotatable bonds is 4. The van der Waals surface area contributed by atoms with E-state index in [2.05, 4.69) is 5.43 Å². The second-order valence-electron chi connectivity index (χ2n) is 8.34. The molecule has 1 fully saturated rings. The van der Waals surface area contributed by atoms with Gasteiger partial charge in [0.1, 0.15) is 28.2 Å². The largest absolute Gasteiger partial charge is 0.507 e. The number of β-amino-alcohol motifs (C(OH)–C–C–N with tert-alkyl or cyclic N) is 1. The molecule has 0 spiro atoms. The molecule has 2 heterocycles. The summed E-state index contributed by atoms with van der Waals surface area (Å²) in [7, 11) is 4.92. The molecule has 4 rings (SSSR count). The van der Waals surface area contributed by atoms with Gasteiger partial charge in [-0.1, -0.05) is 23.7 Å². The van der Waals surface area contributed by atoms with Crippen LogP contribution in [0, 0.1) is 0 Å². The minimum absolute atomic E-state index is 0.00478. The number of ether oxygens (including phenoxy) is 1. The van der Waals surface area contributed by atoms with Crippen LogP contribution in [0.2, 0.25) is 5.02 Å². The van der Waals surface area contributed by atoms with E-state index in [4.69, 9.17) is 20.8 Å². The number of piperidine rings is 1. The molecule has 0 saturated carbocycles. The molecule has 0 radical (unpaired) electrons. The fourth-order valence-electron chi connectivity index (χ4n) is 4.22. The zero-order valence-electron chi connectivity index (χ0n) is 19.0. The van der Waals surface area contributed by atoms with E-state index in [0.29, 0.717) is 35.7 Å². The summed E-state index contributed by atoms with van der Waals surface area (Å²) in [6, 6.07) is 9.38. The normalized spacial score (nSPS) is 18.7. The first-order chi connectivity index (χ1) is 16.2. The number of hydrogen-bond donors (Lipinski definition) is 3. The third-order valence-corrected chi connectivity index (χ3v) is 6.41. The van der Waals surface area contributed by atoms with Crippen LogP contribution in [-0.2, 0) is 0 Å². The number of halogens is 1. The van der Waals surface area contributed by atoms with Crippen molar-refractivity contribution in [1.29, 1.82) is 0 Å². The smallest absolute Gasteiger partial charge is 0.429 e. The maximum absolute atomic E-state index is 13.1. The van der Waals surface area contributed by atoms with Crippen LogP contribution in [0.5, 0.6) is 11.5 Å². The van der Waals surface area contributed by atoms with E-state index in [1.165, 1.54) is 19.2 Å². The predicted molar refractivity (Wildman–Crippen MR) is 128 cm³/mol. The molecule has 1 saturated heterocycles. The molecule has 0 aliphatic carbocycles. The highest BCUT2D eigenvalue weighted by Crippen LogP contribution is 2.43. The zero-order valence-corrected chi connectivity index (χ0v) is 19.8. The van der Waals surface area contributed by atoms with Crippen molar-refractivity contribution in [2.24, 2.45) is 0 Å². The van der Waals surface area contributed by atoms with Crippen LogP contribution >= 0.6 is 11.6 Å². The van der Waals surface area contributed by atoms with Crippen LogP contribution in [0.25, 0.3) is 22.3 Å². The summed E-state index contributed by atoms with van der Waals surface area (Å²) in [5.41, 5.74) is 3.05. The minimum Gasteiger partial charge on any atom is -0.507 e. The highest BCUT2D eigenvalue weighted by atomic mass is 35.5. The third kappa shape index (κ3) is 4.47. The van der Waals surface area contributed by atoms with Crippen molar-refractivity contribution in [2.75, 3.05) is 34.2 Å². The second kappa shape index (κ2) is 9.63. The fraction of sp³-hybridized carbons (Fsp3) is 0.333. The molecule has 34 heavy (non-hydrogen) atoms. The number of hydrazine groups is 1. The van der Waals surface area contributed by atoms with Gasteiger partial charge in [0.05, 0.1) is 11.1 Å². The van der Waals surface area contributed by atoms with Crippen LogP contribution in [0.4, 0.5) is 4.79 Å². The van der Waals surface area contributed by atoms with Crippen molar-refractivity contribution >= 4 is 28.7 Å². The van der Waals surface area contributed by atoms with Crippen LogP contribution in [0.1, 0.15) is 17.9 Å². The van der Waals surface area contributed by atoms with Crippen molar-refractivity contribution < 1.29 is 24.2 Å². The van der Waals surface area contributed by atoms with Crippen LogP contribution in [-0.4, -0.2) is 66.6 Å². The van der Waals surface area contributed by atoms with Gasteiger partial charge in [-0.15, -0.1) is 0 Å². The molecule has 0 unspecified atom stereocenters. The number of amides is 1. The number of hydrogen-bond acceptors (Lipinski definition) is 8. The first-order valence-electron chi connectivity index (χ1n) is 10.8. The molecular weight excluding hydrogens is 462 g/mol. The number of nitrogens with zero attached hydrogens (tertiary/aromatic N) is 2. The average Bonchev–Trinajstić information content (AvgIpc) is 2.79. The molecule has 1 aromatic heterocycles. The SMILES string of the molecule is CNN(C)C(=O)Oc1cc(O)c2c(=O)cc(-c3ccccc3Cl)oc2c1[C@H]1CCN(C)C[C@H]1O. The lowest BCUT2D eigenvalue weighted by atomic mass is 9.85. The Labute approximate surface area is 201 Å². The molecule has 3 aromatic rings. The Bertz CT molecular complexity index is 1290. The van der Waals surface area contributed by atoms with Crippen LogP contribution in [0.15, 0.2) is 45.6 Å². The highest BCUT2D eigenvalue weighted by Gasteiger charge is 2.34. The number of aromatic hydroxyl groups is 1. The summed E-state index contributed by atoms with van der Waals surface area (Å²) in [6.07, 6.45) is -1.04. The Hall–Kier alpha value is -3.11. The minimum atomic E-state index is -0.819. The number of fused-ring (bicyclic) bond motifs is 1. The Kier molecular flexibility index (Phi) is 6.81. The van der Waals surface area contributed by atoms with E-state index >= 15 is 0 Å². The monoisotopic (exact) mass is 487 g/mol. The number of nitrogens with one attached hydrogen (secondary N) is 1. The molecule has 3 N–H and O–H groups in total. The number of carbonyl (C=O) groups is 1. The molecule has 9 nitrogen and oxygen atoms in total. The molecule has 0 bridgehead atoms. The Morgan fingerprint density at radius 2 is 2.06 bits per heavy atom. The Morgan fingerprint density at radius 3 is 2.74 bits per heavy atom. The number of aliphatic hydroxyl groups excluding tert-OH is 1. The van der Waals surface area contributed by atoms with Gasteiger partial charge in [-0.05, 0) is 32.1 Å². The Balaban J connectivity index is 2.00. The van der Waals surface area contributed by atoms with Gasteiger partial charge in [0.15, 0.2) is 5.43 Å². The van der Waals surface area contributed by atoms with E-state index < -0.39 is 29.3 Å². The number of phenols is 1. The summed E-state index contributed by atoms with van der Waals surface area (Å²) in [4.78, 5) is 27.6. The van der Waals surface area contributed by atoms with Crippen molar-refractivity contribution in [3.05, 3.63) is 57.2 Å². The van der Waals surface area contributed by atoms with Gasteiger partial charge in [0.25, 0.3) is 0 Å². The summed E-state index contributed by atoms with van der Waals surface area (Å²) in [5, 5.41) is 23.1. The van der Waals surface area contributed by atoms with E-state index in [9.17, 15) is 19.8 Å². The quantitative estimate of drug-likeness (QED) is 0.481. The van der Waals surface area contributed by atoms with Gasteiger partial charge >= 0.3 is 6.09 Å². The lowest BCUT2D eigenvalue weighted by Gasteiger charge is -2.34. The lowest BCUT2D eigenvalue weighted by Crippen LogP contribution is -2.41. The third-order valence-electron chi connectivity index (χ3n) is 6.08. The van der Waals surface area contributed by atoms with Crippen molar-refractivity contribution in [3.8, 4) is 22.8 Å². The zero-order chi connectivity index (χ0) is 24.6. The van der Waals surface area contributed by atoms with Crippen molar-refractivity contribution in [3.63, 3.8) is 0 Å². The van der Waals surface area contributed by atoms with Gasteiger partial charge in [0.2, 0.25) is 0 Å². The number of likely N-dealkylation sites (tertiary alicyclic amines) is 1. The van der Waals surface area contributed by atoms with E-state index in [1.807, 2.05) is 11.9 Å². The molecule has 1 amide bonds. The fourth-order valence-corrected chi connectivity index (χ4v) is 4.45. The topological polar surface area (TPSA) is 115 Å². The van der Waals surface area contributed by atoms with Crippen molar-refractivity contribution in [1.82, 2.24) is 15.3 Å². The molecule has 2 aromatic carbocycles. The molecule has 2 atom stereocenters. The first-order valence-corrected chi connectivity index (χ1v) is 11.2. The van der Waals surface area contributed by atoms with Gasteiger partial charge < -0.3 is 24.3 Å². The van der Waals surface area contributed by atoms with Crippen LogP contribution in [0.3, 0.4) is 0 Å². The standard InChI is InChI=1S/C24H26ClN3O6/c1-26-28(3)24(32)34-20-11-17(30)22-16(29)10-19(13-6-4-5-7-15(13)25)33-23(22)21(20)14-8-9-27(2)12-18(14)31/h4-7,10-11,14,18,26,30-31H,8-9,12H2,1-3H3/t14-,18+/m0/s1. The van der Waals surface area contributed by atoms with Gasteiger partial charge in [-0.25, -0.2) is 15.2 Å². The van der Waals surface area contributed by atoms with E-state index in [1.54, 1.807) is 31.3 Å². The molecule has 10 heteroatoms. The molecule has 180 valence electrons. The second-order valence-corrected chi connectivity index (χ2v) is 8.75. The maximum atomic E-state index is 13.1. The molecule has 1 aliphatic heterocycles. The number of carbonyl (C=O) groups excluding carboxylic acids is 1. The summed E-state index contributed by atoms with van der Waals surface area (Å²) in [5.74, 6) is -0.700. The van der Waals surface area contributed by atoms with Crippen LogP contribution < -0.4 is 15.6 Å². The predicted octanol–water partition coefficient (Wildman–Crippen LogP) is 3.16. The maximum Gasteiger partial charge on any atom is 0.429 e. The summed E-state index contributed by atoms with van der Waals surface area (Å²) < 4.78 is 11.7. The molecular formula is C24H26ClN3O6. The number of benzene rings is 2. The lowest BCUT2D eigenvalue weighted by molar-refractivity contribution is 0.0627. The van der Waals surface area contributed by atoms with Gasteiger partial charge in [-0.2, -0.15) is 0 Å².